The van der Waals surface area contributed by atoms with Gasteiger partial charge < -0.3 is 4.90 Å². The molecule has 0 spiro atoms. The van der Waals surface area contributed by atoms with Gasteiger partial charge in [-0.1, -0.05) is 36.4 Å². The number of amides is 1. The van der Waals surface area contributed by atoms with Crippen molar-refractivity contribution in [3.63, 3.8) is 0 Å². The maximum absolute atomic E-state index is 13.4. The molecule has 1 aliphatic heterocycles. The van der Waals surface area contributed by atoms with E-state index in [1.165, 1.54) is 18.2 Å². The average molecular weight is 424 g/mol. The molecule has 1 N–H and O–H groups in total. The van der Waals surface area contributed by atoms with Crippen molar-refractivity contribution in [2.75, 3.05) is 4.90 Å². The molecule has 3 aromatic carbocycles. The molecule has 0 bridgehead atoms. The highest BCUT2D eigenvalue weighted by molar-refractivity contribution is 7.89. The number of sulfonamides is 1. The fraction of sp³-hybridized carbons (Fsp3) is 0.174. The van der Waals surface area contributed by atoms with Crippen molar-refractivity contribution in [2.45, 2.75) is 30.8 Å². The molecule has 0 aromatic heterocycles. The molecule has 1 aliphatic rings. The van der Waals surface area contributed by atoms with Crippen molar-refractivity contribution in [2.24, 2.45) is 0 Å². The molecule has 0 radical (unpaired) electrons. The Morgan fingerprint density at radius 1 is 1.07 bits per heavy atom. The fourth-order valence-corrected chi connectivity index (χ4v) is 4.74. The number of nitrogens with zero attached hydrogens (tertiary/aromatic N) is 1. The molecule has 0 aliphatic carbocycles. The van der Waals surface area contributed by atoms with Gasteiger partial charge in [0.05, 0.1) is 4.90 Å². The van der Waals surface area contributed by atoms with Crippen molar-refractivity contribution in [1.82, 2.24) is 4.72 Å². The lowest BCUT2D eigenvalue weighted by Crippen LogP contribution is -2.35. The van der Waals surface area contributed by atoms with Crippen LogP contribution in [0, 0.1) is 5.82 Å². The summed E-state index contributed by atoms with van der Waals surface area (Å²) in [6.45, 7) is 2.03. The van der Waals surface area contributed by atoms with Gasteiger partial charge >= 0.3 is 0 Å². The molecule has 0 fully saturated rings. The summed E-state index contributed by atoms with van der Waals surface area (Å²) < 4.78 is 40.8. The average Bonchev–Trinajstić information content (AvgIpc) is 3.07. The minimum atomic E-state index is -3.85. The second-order valence-corrected chi connectivity index (χ2v) is 9.11. The lowest BCUT2D eigenvalue weighted by molar-refractivity contribution is 0.0981. The number of benzene rings is 3. The molecule has 5 nitrogen and oxygen atoms in total. The van der Waals surface area contributed by atoms with Gasteiger partial charge in [0.2, 0.25) is 10.0 Å². The van der Waals surface area contributed by atoms with E-state index in [2.05, 4.69) is 4.72 Å². The Labute approximate surface area is 175 Å². The summed E-state index contributed by atoms with van der Waals surface area (Å²) in [4.78, 5) is 14.7. The minimum Gasteiger partial charge on any atom is -0.305 e. The van der Waals surface area contributed by atoms with Crippen molar-refractivity contribution < 1.29 is 17.6 Å². The van der Waals surface area contributed by atoms with Crippen molar-refractivity contribution in [3.8, 4) is 0 Å². The van der Waals surface area contributed by atoms with Crippen LogP contribution in [0.25, 0.3) is 0 Å². The zero-order chi connectivity index (χ0) is 21.3. The number of hydrogen-bond donors (Lipinski definition) is 1. The molecule has 1 atom stereocenters. The highest BCUT2D eigenvalue weighted by Crippen LogP contribution is 2.34. The summed E-state index contributed by atoms with van der Waals surface area (Å²) in [6.07, 6.45) is 0.739. The quantitative estimate of drug-likeness (QED) is 0.676. The van der Waals surface area contributed by atoms with Crippen LogP contribution in [0.3, 0.4) is 0 Å². The molecule has 0 unspecified atom stereocenters. The Hall–Kier alpha value is -3.03. The number of hydrogen-bond acceptors (Lipinski definition) is 3. The molecule has 154 valence electrons. The Morgan fingerprint density at radius 2 is 1.83 bits per heavy atom. The summed E-state index contributed by atoms with van der Waals surface area (Å²) in [6, 6.07) is 19.6. The first-order valence-corrected chi connectivity index (χ1v) is 11.1. The molecular formula is C23H21FN2O3S. The van der Waals surface area contributed by atoms with Gasteiger partial charge in [0.1, 0.15) is 5.82 Å². The number of rotatable bonds is 5. The molecule has 1 amide bonds. The first-order valence-electron chi connectivity index (χ1n) is 9.61. The van der Waals surface area contributed by atoms with E-state index in [-0.39, 0.29) is 23.4 Å². The minimum absolute atomic E-state index is 0.00643. The summed E-state index contributed by atoms with van der Waals surface area (Å²) >= 11 is 0. The third-order valence-electron chi connectivity index (χ3n) is 5.18. The standard InChI is InChI=1S/C23H21FN2O3S/c1-16-12-19-11-10-17(15-25-30(28,29)21-9-5-8-20(24)14-21)13-22(19)26(16)23(27)18-6-3-2-4-7-18/h2-11,13-14,16,25H,12,15H2,1H3/t16-/m0/s1. The van der Waals surface area contributed by atoms with Crippen molar-refractivity contribution in [3.05, 3.63) is 95.3 Å². The Kier molecular flexibility index (Phi) is 5.40. The Bertz CT molecular complexity index is 1200. The number of anilines is 1. The second-order valence-electron chi connectivity index (χ2n) is 7.34. The summed E-state index contributed by atoms with van der Waals surface area (Å²) in [5.74, 6) is -0.696. The van der Waals surface area contributed by atoms with Crippen molar-refractivity contribution in [1.29, 1.82) is 0 Å². The van der Waals surface area contributed by atoms with E-state index in [1.807, 2.05) is 43.3 Å². The fourth-order valence-electron chi connectivity index (χ4n) is 3.69. The van der Waals surface area contributed by atoms with E-state index in [9.17, 15) is 17.6 Å². The number of halogens is 1. The van der Waals surface area contributed by atoms with Crippen LogP contribution in [-0.4, -0.2) is 20.4 Å². The van der Waals surface area contributed by atoms with E-state index in [0.717, 1.165) is 23.7 Å². The van der Waals surface area contributed by atoms with Crippen LogP contribution in [0.2, 0.25) is 0 Å². The molecule has 0 saturated heterocycles. The predicted molar refractivity (Wildman–Crippen MR) is 113 cm³/mol. The third kappa shape index (κ3) is 3.99. The lowest BCUT2D eigenvalue weighted by Gasteiger charge is -2.23. The predicted octanol–water partition coefficient (Wildman–Crippen LogP) is 3.90. The zero-order valence-electron chi connectivity index (χ0n) is 16.4. The van der Waals surface area contributed by atoms with Gasteiger partial charge in [-0.25, -0.2) is 17.5 Å². The van der Waals surface area contributed by atoms with Crippen LogP contribution in [0.4, 0.5) is 10.1 Å². The molecule has 4 rings (SSSR count). The Balaban J connectivity index is 1.57. The molecule has 3 aromatic rings. The zero-order valence-corrected chi connectivity index (χ0v) is 17.2. The first kappa shape index (κ1) is 20.3. The van der Waals surface area contributed by atoms with Gasteiger partial charge in [-0.3, -0.25) is 4.79 Å². The van der Waals surface area contributed by atoms with Crippen molar-refractivity contribution >= 4 is 21.6 Å². The van der Waals surface area contributed by atoms with Gasteiger partial charge in [0.25, 0.3) is 5.91 Å². The smallest absolute Gasteiger partial charge is 0.258 e. The van der Waals surface area contributed by atoms with E-state index < -0.39 is 15.8 Å². The number of fused-ring (bicyclic) bond motifs is 1. The lowest BCUT2D eigenvalue weighted by atomic mass is 10.1. The van der Waals surface area contributed by atoms with E-state index in [0.29, 0.717) is 11.1 Å². The van der Waals surface area contributed by atoms with Gasteiger partial charge in [-0.2, -0.15) is 0 Å². The molecular weight excluding hydrogens is 403 g/mol. The topological polar surface area (TPSA) is 66.5 Å². The number of carbonyl (C=O) groups excluding carboxylic acids is 1. The van der Waals surface area contributed by atoms with Crippen LogP contribution >= 0.6 is 0 Å². The van der Waals surface area contributed by atoms with Gasteiger partial charge in [0, 0.05) is 23.8 Å². The van der Waals surface area contributed by atoms with E-state index >= 15 is 0 Å². The highest BCUT2D eigenvalue weighted by atomic mass is 32.2. The molecule has 0 saturated carbocycles. The van der Waals surface area contributed by atoms with Gasteiger partial charge in [-0.05, 0) is 60.9 Å². The number of carbonyl (C=O) groups is 1. The summed E-state index contributed by atoms with van der Waals surface area (Å²) in [5.41, 5.74) is 3.16. The van der Waals surface area contributed by atoms with Crippen LogP contribution < -0.4 is 9.62 Å². The van der Waals surface area contributed by atoms with Gasteiger partial charge in [0.15, 0.2) is 0 Å². The van der Waals surface area contributed by atoms with Crippen LogP contribution in [0.15, 0.2) is 77.7 Å². The van der Waals surface area contributed by atoms with Gasteiger partial charge in [-0.15, -0.1) is 0 Å². The highest BCUT2D eigenvalue weighted by Gasteiger charge is 2.31. The maximum Gasteiger partial charge on any atom is 0.258 e. The van der Waals surface area contributed by atoms with Crippen LogP contribution in [0.1, 0.15) is 28.4 Å². The van der Waals surface area contributed by atoms with E-state index in [4.69, 9.17) is 0 Å². The monoisotopic (exact) mass is 424 g/mol. The van der Waals surface area contributed by atoms with Crippen LogP contribution in [-0.2, 0) is 23.0 Å². The third-order valence-corrected chi connectivity index (χ3v) is 6.58. The second kappa shape index (κ2) is 8.01. The SMILES string of the molecule is C[C@H]1Cc2ccc(CNS(=O)(=O)c3cccc(F)c3)cc2N1C(=O)c1ccccc1. The normalized spacial score (nSPS) is 15.8. The maximum atomic E-state index is 13.4. The summed E-state index contributed by atoms with van der Waals surface area (Å²) in [7, 11) is -3.85. The molecule has 30 heavy (non-hydrogen) atoms. The Morgan fingerprint density at radius 3 is 2.57 bits per heavy atom. The van der Waals surface area contributed by atoms with E-state index in [1.54, 1.807) is 17.0 Å². The number of nitrogens with one attached hydrogen (secondary N) is 1. The first-order chi connectivity index (χ1) is 14.3. The van der Waals surface area contributed by atoms with Crippen LogP contribution in [0.5, 0.6) is 0 Å². The summed E-state index contributed by atoms with van der Waals surface area (Å²) in [5, 5.41) is 0. The molecule has 1 heterocycles. The largest absolute Gasteiger partial charge is 0.305 e. The molecule has 7 heteroatoms.